The van der Waals surface area contributed by atoms with E-state index < -0.39 is 0 Å². The quantitative estimate of drug-likeness (QED) is 0.237. The van der Waals surface area contributed by atoms with E-state index in [0.29, 0.717) is 32.7 Å². The van der Waals surface area contributed by atoms with Crippen LogP contribution in [0.15, 0.2) is 78.2 Å². The van der Waals surface area contributed by atoms with E-state index in [4.69, 9.17) is 23.2 Å². The number of nitrogens with zero attached hydrogens (tertiary/aromatic N) is 1. The third-order valence-corrected chi connectivity index (χ3v) is 6.49. The second-order valence-corrected chi connectivity index (χ2v) is 9.20. The first kappa shape index (κ1) is 22.2. The number of carbonyl (C=O) groups excluding carboxylic acids is 2. The fourth-order valence-electron chi connectivity index (χ4n) is 3.41. The Balaban J connectivity index is 1.32. The summed E-state index contributed by atoms with van der Waals surface area (Å²) >= 11 is 13.4. The van der Waals surface area contributed by atoms with Gasteiger partial charge in [-0.1, -0.05) is 29.3 Å². The Morgan fingerprint density at radius 1 is 0.853 bits per heavy atom. The number of benzene rings is 3. The van der Waals surface area contributed by atoms with Crippen LogP contribution in [-0.2, 0) is 0 Å². The molecule has 0 unspecified atom stereocenters. The molecule has 5 rings (SSSR count). The smallest absolute Gasteiger partial charge is 0.265 e. The molecule has 3 N–H and O–H groups in total. The van der Waals surface area contributed by atoms with Crippen molar-refractivity contribution in [3.05, 3.63) is 98.7 Å². The van der Waals surface area contributed by atoms with Gasteiger partial charge >= 0.3 is 0 Å². The highest BCUT2D eigenvalue weighted by Crippen LogP contribution is 2.26. The highest BCUT2D eigenvalue weighted by molar-refractivity contribution is 7.12. The number of thiophene rings is 1. The zero-order valence-electron chi connectivity index (χ0n) is 17.4. The molecule has 0 spiro atoms. The number of anilines is 2. The molecule has 0 fully saturated rings. The van der Waals surface area contributed by atoms with E-state index in [-0.39, 0.29) is 16.8 Å². The SMILES string of the molecule is O=C(Nc1ccc(-c2nc3ccc(NC(=O)c4ccc(Cl)cc4Cl)cc3[nH]2)cc1)c1cccs1. The van der Waals surface area contributed by atoms with Crippen molar-refractivity contribution >= 4 is 68.8 Å². The van der Waals surface area contributed by atoms with Crippen molar-refractivity contribution in [3.8, 4) is 11.4 Å². The van der Waals surface area contributed by atoms with Crippen LogP contribution in [0.4, 0.5) is 11.4 Å². The van der Waals surface area contributed by atoms with Crippen molar-refractivity contribution in [1.29, 1.82) is 0 Å². The first-order chi connectivity index (χ1) is 16.5. The summed E-state index contributed by atoms with van der Waals surface area (Å²) in [6.07, 6.45) is 0. The molecule has 0 aliphatic rings. The molecule has 0 radical (unpaired) electrons. The van der Waals surface area contributed by atoms with Gasteiger partial charge in [0.1, 0.15) is 5.82 Å². The van der Waals surface area contributed by atoms with Gasteiger partial charge in [-0.15, -0.1) is 11.3 Å². The molecule has 2 amide bonds. The number of aromatic nitrogens is 2. The van der Waals surface area contributed by atoms with Crippen molar-refractivity contribution in [2.24, 2.45) is 0 Å². The van der Waals surface area contributed by atoms with Crippen LogP contribution in [0, 0.1) is 0 Å². The Bertz CT molecular complexity index is 1510. The van der Waals surface area contributed by atoms with E-state index >= 15 is 0 Å². The van der Waals surface area contributed by atoms with E-state index in [2.05, 4.69) is 20.6 Å². The molecule has 6 nitrogen and oxygen atoms in total. The first-order valence-corrected chi connectivity index (χ1v) is 11.8. The summed E-state index contributed by atoms with van der Waals surface area (Å²) in [5, 5.41) is 8.33. The fourth-order valence-corrected chi connectivity index (χ4v) is 4.52. The first-order valence-electron chi connectivity index (χ1n) is 10.2. The molecule has 34 heavy (non-hydrogen) atoms. The van der Waals surface area contributed by atoms with Crippen molar-refractivity contribution in [2.45, 2.75) is 0 Å². The van der Waals surface area contributed by atoms with Gasteiger partial charge < -0.3 is 15.6 Å². The normalized spacial score (nSPS) is 10.9. The zero-order valence-corrected chi connectivity index (χ0v) is 19.8. The maximum atomic E-state index is 12.6. The minimum Gasteiger partial charge on any atom is -0.338 e. The third-order valence-electron chi connectivity index (χ3n) is 5.08. The molecule has 5 aromatic rings. The number of fused-ring (bicyclic) bond motifs is 1. The number of carbonyl (C=O) groups is 2. The lowest BCUT2D eigenvalue weighted by atomic mass is 10.2. The average Bonchev–Trinajstić information content (AvgIpc) is 3.49. The minimum absolute atomic E-state index is 0.138. The predicted octanol–water partition coefficient (Wildman–Crippen LogP) is 7.10. The molecule has 3 aromatic carbocycles. The number of nitrogens with one attached hydrogen (secondary N) is 3. The highest BCUT2D eigenvalue weighted by Gasteiger charge is 2.13. The zero-order chi connectivity index (χ0) is 23.7. The standard InChI is InChI=1S/C25H16Cl2N4O2S/c26-15-5-9-18(19(27)12-15)24(32)29-17-8-10-20-21(13-17)31-23(30-20)14-3-6-16(7-4-14)28-25(33)22-2-1-11-34-22/h1-13H,(H,28,33)(H,29,32)(H,30,31). The number of rotatable bonds is 5. The molecular formula is C25H16Cl2N4O2S. The summed E-state index contributed by atoms with van der Waals surface area (Å²) in [4.78, 5) is 33.4. The van der Waals surface area contributed by atoms with Crippen molar-refractivity contribution in [1.82, 2.24) is 9.97 Å². The molecule has 0 aliphatic carbocycles. The van der Waals surface area contributed by atoms with Crippen LogP contribution in [0.5, 0.6) is 0 Å². The van der Waals surface area contributed by atoms with Crippen LogP contribution >= 0.6 is 34.5 Å². The molecule has 0 bridgehead atoms. The van der Waals surface area contributed by atoms with Crippen LogP contribution < -0.4 is 10.6 Å². The van der Waals surface area contributed by atoms with Gasteiger partial charge in [0, 0.05) is 22.0 Å². The van der Waals surface area contributed by atoms with Crippen LogP contribution in [-0.4, -0.2) is 21.8 Å². The summed E-state index contributed by atoms with van der Waals surface area (Å²) in [5.74, 6) is 0.206. The second kappa shape index (κ2) is 9.30. The van der Waals surface area contributed by atoms with Crippen molar-refractivity contribution in [3.63, 3.8) is 0 Å². The van der Waals surface area contributed by atoms with Crippen LogP contribution in [0.3, 0.4) is 0 Å². The molecule has 9 heteroatoms. The Labute approximate surface area is 208 Å². The number of halogens is 2. The number of imidazole rings is 1. The van der Waals surface area contributed by atoms with Crippen LogP contribution in [0.25, 0.3) is 22.4 Å². The van der Waals surface area contributed by atoms with Gasteiger partial charge in [-0.3, -0.25) is 9.59 Å². The Kier molecular flexibility index (Phi) is 6.06. The summed E-state index contributed by atoms with van der Waals surface area (Å²) < 4.78 is 0. The van der Waals surface area contributed by atoms with Crippen molar-refractivity contribution in [2.75, 3.05) is 10.6 Å². The Hall–Kier alpha value is -3.65. The molecule has 0 aliphatic heterocycles. The second-order valence-electron chi connectivity index (χ2n) is 7.40. The fraction of sp³-hybridized carbons (Fsp3) is 0. The largest absolute Gasteiger partial charge is 0.338 e. The third kappa shape index (κ3) is 4.68. The molecule has 168 valence electrons. The minimum atomic E-state index is -0.332. The highest BCUT2D eigenvalue weighted by atomic mass is 35.5. The lowest BCUT2D eigenvalue weighted by Gasteiger charge is -2.07. The Morgan fingerprint density at radius 2 is 1.62 bits per heavy atom. The molecule has 0 saturated carbocycles. The van der Waals surface area contributed by atoms with E-state index in [0.717, 1.165) is 16.6 Å². The van der Waals surface area contributed by atoms with Crippen LogP contribution in [0.2, 0.25) is 10.0 Å². The number of aromatic amines is 1. The maximum Gasteiger partial charge on any atom is 0.265 e. The molecule has 0 saturated heterocycles. The summed E-state index contributed by atoms with van der Waals surface area (Å²) in [5.41, 5.74) is 4.03. The van der Waals surface area contributed by atoms with Crippen molar-refractivity contribution < 1.29 is 9.59 Å². The van der Waals surface area contributed by atoms with Gasteiger partial charge in [-0.2, -0.15) is 0 Å². The lowest BCUT2D eigenvalue weighted by molar-refractivity contribution is 0.102. The molecule has 2 heterocycles. The number of hydrogen-bond donors (Lipinski definition) is 3. The van der Waals surface area contributed by atoms with E-state index in [9.17, 15) is 9.59 Å². The van der Waals surface area contributed by atoms with Gasteiger partial charge in [-0.05, 0) is 72.1 Å². The predicted molar refractivity (Wildman–Crippen MR) is 138 cm³/mol. The monoisotopic (exact) mass is 506 g/mol. The summed E-state index contributed by atoms with van der Waals surface area (Å²) in [7, 11) is 0. The van der Waals surface area contributed by atoms with Crippen LogP contribution in [0.1, 0.15) is 20.0 Å². The average molecular weight is 507 g/mol. The Morgan fingerprint density at radius 3 is 2.35 bits per heavy atom. The van der Waals surface area contributed by atoms with Gasteiger partial charge in [-0.25, -0.2) is 4.98 Å². The summed E-state index contributed by atoms with van der Waals surface area (Å²) in [6, 6.07) is 21.2. The van der Waals surface area contributed by atoms with E-state index in [1.54, 1.807) is 24.3 Å². The number of hydrogen-bond acceptors (Lipinski definition) is 4. The lowest BCUT2D eigenvalue weighted by Crippen LogP contribution is -2.12. The molecule has 0 atom stereocenters. The topological polar surface area (TPSA) is 86.9 Å². The van der Waals surface area contributed by atoms with Gasteiger partial charge in [0.05, 0.1) is 26.5 Å². The van der Waals surface area contributed by atoms with E-state index in [1.807, 2.05) is 47.8 Å². The molecular weight excluding hydrogens is 491 g/mol. The summed E-state index contributed by atoms with van der Waals surface area (Å²) in [6.45, 7) is 0. The number of H-pyrrole nitrogens is 1. The van der Waals surface area contributed by atoms with E-state index in [1.165, 1.54) is 17.4 Å². The number of amides is 2. The maximum absolute atomic E-state index is 12.6. The van der Waals surface area contributed by atoms with Gasteiger partial charge in [0.15, 0.2) is 0 Å². The van der Waals surface area contributed by atoms with Gasteiger partial charge in [0.2, 0.25) is 0 Å². The van der Waals surface area contributed by atoms with Gasteiger partial charge in [0.25, 0.3) is 11.8 Å². The molecule has 2 aromatic heterocycles.